The van der Waals surface area contributed by atoms with Gasteiger partial charge in [0.05, 0.1) is 38.5 Å². The number of unbranched alkanes of at least 4 members (excludes halogenated alkanes) is 1. The van der Waals surface area contributed by atoms with Crippen LogP contribution in [0.1, 0.15) is 48.9 Å². The summed E-state index contributed by atoms with van der Waals surface area (Å²) in [5.41, 5.74) is 6.44. The van der Waals surface area contributed by atoms with Gasteiger partial charge in [0.25, 0.3) is 5.91 Å². The first-order valence-corrected chi connectivity index (χ1v) is 16.7. The van der Waals surface area contributed by atoms with Gasteiger partial charge < -0.3 is 45.1 Å². The number of urea groups is 1. The van der Waals surface area contributed by atoms with Gasteiger partial charge in [-0.2, -0.15) is 11.8 Å². The average Bonchev–Trinajstić information content (AvgIpc) is 3.58. The van der Waals surface area contributed by atoms with E-state index in [1.54, 1.807) is 29.0 Å². The highest BCUT2D eigenvalue weighted by atomic mass is 32.2. The highest BCUT2D eigenvalue weighted by molar-refractivity contribution is 8.00. The van der Waals surface area contributed by atoms with Gasteiger partial charge in [0, 0.05) is 75.1 Å². The maximum absolute atomic E-state index is 12.4. The Morgan fingerprint density at radius 1 is 0.933 bits per heavy atom. The maximum atomic E-state index is 12.4. The van der Waals surface area contributed by atoms with E-state index in [1.165, 1.54) is 6.07 Å². The Kier molecular flexibility index (Phi) is 16.3. The number of likely N-dealkylation sites (N-methyl/N-ethyl adjacent to an activating group) is 1. The molecule has 3 unspecified atom stereocenters. The fraction of sp³-hybridized carbons (Fsp3) is 0.677. The molecular formula is C31H49N5O8S. The van der Waals surface area contributed by atoms with Crippen LogP contribution in [-0.2, 0) is 23.8 Å². The molecule has 1 aromatic carbocycles. The molecule has 4 amide bonds. The Balaban J connectivity index is 1.06. The largest absolute Gasteiger partial charge is 0.484 e. The first-order valence-electron chi connectivity index (χ1n) is 15.7. The lowest BCUT2D eigenvalue weighted by atomic mass is 10.0. The summed E-state index contributed by atoms with van der Waals surface area (Å²) in [6.45, 7) is 4.02. The van der Waals surface area contributed by atoms with Crippen molar-refractivity contribution in [1.29, 1.82) is 0 Å². The molecule has 45 heavy (non-hydrogen) atoms. The van der Waals surface area contributed by atoms with Crippen molar-refractivity contribution < 1.29 is 38.1 Å². The topological polar surface area (TPSA) is 162 Å². The summed E-state index contributed by atoms with van der Waals surface area (Å²) in [5, 5.41) is 6.41. The molecule has 0 spiro atoms. The van der Waals surface area contributed by atoms with Gasteiger partial charge in [0.2, 0.25) is 5.91 Å². The minimum Gasteiger partial charge on any atom is -0.484 e. The quantitative estimate of drug-likeness (QED) is 0.0690. The zero-order valence-electron chi connectivity index (χ0n) is 26.5. The van der Waals surface area contributed by atoms with Crippen molar-refractivity contribution in [3.05, 3.63) is 23.8 Å². The second kappa shape index (κ2) is 20.1. The highest BCUT2D eigenvalue weighted by Crippen LogP contribution is 2.33. The Labute approximate surface area is 270 Å². The Hall–Kier alpha value is -3.07. The number of nitrogens with two attached hydrogens (primary N) is 1. The number of nitrogens with one attached hydrogen (secondary N) is 2. The summed E-state index contributed by atoms with van der Waals surface area (Å²) in [4.78, 5) is 50.3. The minimum atomic E-state index is -0.169. The number of carbonyl (C=O) groups excluding carboxylic acids is 4. The van der Waals surface area contributed by atoms with Gasteiger partial charge in [-0.05, 0) is 37.8 Å². The Bertz CT molecular complexity index is 1100. The van der Waals surface area contributed by atoms with Crippen molar-refractivity contribution in [2.45, 2.75) is 55.9 Å². The number of nitrogen functional groups attached to an aromatic ring is 1. The molecule has 0 saturated carbocycles. The third kappa shape index (κ3) is 13.1. The summed E-state index contributed by atoms with van der Waals surface area (Å²) in [6.07, 6.45) is 5.53. The van der Waals surface area contributed by atoms with E-state index in [0.29, 0.717) is 94.1 Å². The average molecular weight is 652 g/mol. The molecule has 4 N–H and O–H groups in total. The number of fused-ring (bicyclic) bond motifs is 1. The third-order valence-electron chi connectivity index (χ3n) is 7.77. The van der Waals surface area contributed by atoms with Crippen LogP contribution in [0.25, 0.3) is 0 Å². The lowest BCUT2D eigenvalue weighted by molar-refractivity contribution is -0.132. The maximum Gasteiger partial charge on any atom is 0.315 e. The molecule has 2 fully saturated rings. The number of ether oxygens (including phenoxy) is 4. The van der Waals surface area contributed by atoms with Crippen LogP contribution in [0.15, 0.2) is 18.2 Å². The number of benzene rings is 1. The molecule has 14 heteroatoms. The van der Waals surface area contributed by atoms with E-state index >= 15 is 0 Å². The molecule has 2 aliphatic rings. The summed E-state index contributed by atoms with van der Waals surface area (Å²) in [6, 6.07) is 5.09. The normalized spacial score (nSPS) is 18.6. The lowest BCUT2D eigenvalue weighted by Crippen LogP contribution is -2.36. The first-order chi connectivity index (χ1) is 21.8. The SMILES string of the molecule is CN(CCCOCCOCCOCCCN(C)C(=O)COc1ccc(C=O)c(N)c1)C(=O)CCCCC1SCC2NC(=O)NC21. The van der Waals surface area contributed by atoms with E-state index in [9.17, 15) is 19.2 Å². The lowest BCUT2D eigenvalue weighted by Gasteiger charge is -2.18. The zero-order chi connectivity index (χ0) is 32.4. The molecule has 2 saturated heterocycles. The molecule has 2 aliphatic heterocycles. The Morgan fingerprint density at radius 2 is 1.58 bits per heavy atom. The molecule has 3 atom stereocenters. The Morgan fingerprint density at radius 3 is 2.22 bits per heavy atom. The van der Waals surface area contributed by atoms with Gasteiger partial charge in [-0.15, -0.1) is 0 Å². The van der Waals surface area contributed by atoms with Crippen LogP contribution >= 0.6 is 11.8 Å². The molecule has 1 aromatic rings. The van der Waals surface area contributed by atoms with E-state index < -0.39 is 0 Å². The van der Waals surface area contributed by atoms with E-state index in [0.717, 1.165) is 31.4 Å². The second-order valence-electron chi connectivity index (χ2n) is 11.2. The minimum absolute atomic E-state index is 0.0602. The number of aldehydes is 1. The van der Waals surface area contributed by atoms with Crippen LogP contribution in [0, 0.1) is 0 Å². The van der Waals surface area contributed by atoms with E-state index in [4.69, 9.17) is 24.7 Å². The molecule has 0 aromatic heterocycles. The van der Waals surface area contributed by atoms with E-state index in [1.807, 2.05) is 18.8 Å². The second-order valence-corrected chi connectivity index (χ2v) is 12.5. The molecule has 0 aliphatic carbocycles. The molecule has 3 rings (SSSR count). The zero-order valence-corrected chi connectivity index (χ0v) is 27.3. The number of hydrogen-bond acceptors (Lipinski definition) is 10. The van der Waals surface area contributed by atoms with Crippen molar-refractivity contribution in [2.75, 3.05) is 84.9 Å². The predicted octanol–water partition coefficient (Wildman–Crippen LogP) is 1.93. The molecule has 0 radical (unpaired) electrons. The van der Waals surface area contributed by atoms with E-state index in [2.05, 4.69) is 10.6 Å². The molecule has 252 valence electrons. The van der Waals surface area contributed by atoms with Gasteiger partial charge in [-0.25, -0.2) is 4.79 Å². The number of amides is 4. The van der Waals surface area contributed by atoms with Crippen molar-refractivity contribution >= 4 is 41.6 Å². The summed E-state index contributed by atoms with van der Waals surface area (Å²) in [5.74, 6) is 1.38. The summed E-state index contributed by atoms with van der Waals surface area (Å²) in [7, 11) is 3.54. The van der Waals surface area contributed by atoms with Gasteiger partial charge >= 0.3 is 6.03 Å². The number of nitrogens with zero attached hydrogens (tertiary/aromatic N) is 2. The number of anilines is 1. The van der Waals surface area contributed by atoms with Crippen LogP contribution in [0.3, 0.4) is 0 Å². The summed E-state index contributed by atoms with van der Waals surface area (Å²) >= 11 is 1.91. The molecule has 13 nitrogen and oxygen atoms in total. The van der Waals surface area contributed by atoms with Crippen molar-refractivity contribution in [3.8, 4) is 5.75 Å². The monoisotopic (exact) mass is 651 g/mol. The van der Waals surface area contributed by atoms with Crippen LogP contribution < -0.4 is 21.1 Å². The van der Waals surface area contributed by atoms with Crippen LogP contribution in [0.5, 0.6) is 5.75 Å². The predicted molar refractivity (Wildman–Crippen MR) is 173 cm³/mol. The first kappa shape index (κ1) is 36.4. The van der Waals surface area contributed by atoms with Crippen molar-refractivity contribution in [3.63, 3.8) is 0 Å². The van der Waals surface area contributed by atoms with Crippen LogP contribution in [0.4, 0.5) is 10.5 Å². The molecular weight excluding hydrogens is 602 g/mol. The summed E-state index contributed by atoms with van der Waals surface area (Å²) < 4.78 is 22.2. The van der Waals surface area contributed by atoms with Crippen molar-refractivity contribution in [1.82, 2.24) is 20.4 Å². The van der Waals surface area contributed by atoms with Crippen molar-refractivity contribution in [2.24, 2.45) is 0 Å². The smallest absolute Gasteiger partial charge is 0.315 e. The van der Waals surface area contributed by atoms with E-state index in [-0.39, 0.29) is 36.5 Å². The van der Waals surface area contributed by atoms with Gasteiger partial charge in [0.15, 0.2) is 12.9 Å². The standard InChI is InChI=1S/C31H49N5O8S/c1-35(28(38)8-4-3-7-27-30-26(22-45-27)33-31(40)34-30)11-5-13-41-15-17-43-18-16-42-14-6-12-36(2)29(39)21-44-24-10-9-23(20-37)25(32)19-24/h9-10,19-20,26-27,30H,3-8,11-18,21-22,32H2,1-2H3,(H2,33,34,40). The van der Waals surface area contributed by atoms with Gasteiger partial charge in [0.1, 0.15) is 5.75 Å². The number of rotatable bonds is 23. The third-order valence-corrected chi connectivity index (χ3v) is 9.28. The molecule has 0 bridgehead atoms. The van der Waals surface area contributed by atoms with Crippen LogP contribution in [0.2, 0.25) is 0 Å². The van der Waals surface area contributed by atoms with Gasteiger partial charge in [-0.1, -0.05) is 6.42 Å². The number of carbonyl (C=O) groups is 4. The fourth-order valence-corrected chi connectivity index (χ4v) is 6.60. The van der Waals surface area contributed by atoms with Crippen LogP contribution in [-0.4, -0.2) is 130 Å². The number of hydrogen-bond donors (Lipinski definition) is 3. The number of thioether (sulfide) groups is 1. The fourth-order valence-electron chi connectivity index (χ4n) is 5.06. The molecule has 2 heterocycles. The van der Waals surface area contributed by atoms with Gasteiger partial charge in [-0.3, -0.25) is 14.4 Å². The highest BCUT2D eigenvalue weighted by Gasteiger charge is 2.42.